The van der Waals surface area contributed by atoms with E-state index >= 15 is 0 Å². The van der Waals surface area contributed by atoms with Gasteiger partial charge in [0.15, 0.2) is 0 Å². The predicted molar refractivity (Wildman–Crippen MR) is 66.6 cm³/mol. The van der Waals surface area contributed by atoms with E-state index in [4.69, 9.17) is 0 Å². The lowest BCUT2D eigenvalue weighted by atomic mass is 10.1. The van der Waals surface area contributed by atoms with Gasteiger partial charge in [-0.3, -0.25) is 9.59 Å². The van der Waals surface area contributed by atoms with Crippen LogP contribution < -0.4 is 5.32 Å². The number of hydrogen-bond acceptors (Lipinski definition) is 3. The van der Waals surface area contributed by atoms with Crippen molar-refractivity contribution in [1.82, 2.24) is 15.1 Å². The Morgan fingerprint density at radius 3 is 2.12 bits per heavy atom. The number of carbonyl (C=O) groups excluding carboxylic acids is 2. The topological polar surface area (TPSA) is 52.7 Å². The highest BCUT2D eigenvalue weighted by Crippen LogP contribution is 2.04. The second-order valence-corrected chi connectivity index (χ2v) is 5.66. The highest BCUT2D eigenvalue weighted by molar-refractivity contribution is 5.97. The minimum atomic E-state index is -0.278. The molecule has 0 saturated carbocycles. The summed E-state index contributed by atoms with van der Waals surface area (Å²) in [6, 6.07) is 0. The number of piperazine rings is 1. The zero-order valence-corrected chi connectivity index (χ0v) is 11.2. The lowest BCUT2D eigenvalue weighted by Crippen LogP contribution is -2.49. The molecule has 1 aliphatic heterocycles. The minimum Gasteiger partial charge on any atom is -0.351 e. The summed E-state index contributed by atoms with van der Waals surface area (Å²) in [4.78, 5) is 27.4. The van der Waals surface area contributed by atoms with Gasteiger partial charge in [-0.05, 0) is 27.8 Å². The van der Waals surface area contributed by atoms with Gasteiger partial charge in [-0.2, -0.15) is 0 Å². The van der Waals surface area contributed by atoms with Crippen LogP contribution in [-0.4, -0.2) is 60.4 Å². The first kappa shape index (κ1) is 14.0. The van der Waals surface area contributed by atoms with Gasteiger partial charge in [0.25, 0.3) is 0 Å². The molecule has 17 heavy (non-hydrogen) atoms. The van der Waals surface area contributed by atoms with Crippen LogP contribution in [0.4, 0.5) is 0 Å². The molecule has 1 aliphatic rings. The third-order valence-corrected chi connectivity index (χ3v) is 2.68. The van der Waals surface area contributed by atoms with Crippen molar-refractivity contribution < 1.29 is 9.59 Å². The summed E-state index contributed by atoms with van der Waals surface area (Å²) in [5.74, 6) is -0.263. The molecule has 1 heterocycles. The van der Waals surface area contributed by atoms with Crippen molar-refractivity contribution >= 4 is 11.8 Å². The Morgan fingerprint density at radius 2 is 1.65 bits per heavy atom. The first-order valence-electron chi connectivity index (χ1n) is 6.05. The summed E-state index contributed by atoms with van der Waals surface area (Å²) in [6.45, 7) is 8.93. The third-order valence-electron chi connectivity index (χ3n) is 2.68. The fourth-order valence-electron chi connectivity index (χ4n) is 1.77. The van der Waals surface area contributed by atoms with Gasteiger partial charge in [-0.15, -0.1) is 0 Å². The van der Waals surface area contributed by atoms with E-state index in [1.807, 2.05) is 27.8 Å². The molecule has 0 aromatic heterocycles. The van der Waals surface area contributed by atoms with Gasteiger partial charge < -0.3 is 15.1 Å². The summed E-state index contributed by atoms with van der Waals surface area (Å²) >= 11 is 0. The molecule has 0 aliphatic carbocycles. The van der Waals surface area contributed by atoms with Crippen LogP contribution in [0.2, 0.25) is 0 Å². The number of nitrogens with zero attached hydrogens (tertiary/aromatic N) is 2. The monoisotopic (exact) mass is 241 g/mol. The van der Waals surface area contributed by atoms with Crippen molar-refractivity contribution in [2.75, 3.05) is 33.2 Å². The van der Waals surface area contributed by atoms with E-state index in [1.54, 1.807) is 4.90 Å². The molecule has 5 heteroatoms. The minimum absolute atomic E-state index is 0.0407. The third kappa shape index (κ3) is 5.17. The van der Waals surface area contributed by atoms with Gasteiger partial charge in [0.05, 0.1) is 0 Å². The molecule has 1 rings (SSSR count). The van der Waals surface area contributed by atoms with E-state index in [0.717, 1.165) is 26.2 Å². The molecule has 2 amide bonds. The molecule has 0 radical (unpaired) electrons. The van der Waals surface area contributed by atoms with E-state index in [2.05, 4.69) is 10.2 Å². The van der Waals surface area contributed by atoms with Gasteiger partial charge >= 0.3 is 0 Å². The molecular weight excluding hydrogens is 218 g/mol. The van der Waals surface area contributed by atoms with Crippen LogP contribution in [0.25, 0.3) is 0 Å². The first-order valence-corrected chi connectivity index (χ1v) is 6.05. The quantitative estimate of drug-likeness (QED) is 0.696. The van der Waals surface area contributed by atoms with Crippen LogP contribution in [0.5, 0.6) is 0 Å². The number of hydrogen-bond donors (Lipinski definition) is 1. The molecule has 0 bridgehead atoms. The maximum atomic E-state index is 11.8. The number of carbonyl (C=O) groups is 2. The summed E-state index contributed by atoms with van der Waals surface area (Å²) in [6.07, 6.45) is -0.0407. The van der Waals surface area contributed by atoms with Crippen LogP contribution >= 0.6 is 0 Å². The van der Waals surface area contributed by atoms with E-state index in [0.29, 0.717) is 0 Å². The Kier molecular flexibility index (Phi) is 4.51. The van der Waals surface area contributed by atoms with Gasteiger partial charge in [0, 0.05) is 31.7 Å². The maximum Gasteiger partial charge on any atom is 0.232 e. The Morgan fingerprint density at radius 1 is 1.12 bits per heavy atom. The second kappa shape index (κ2) is 5.49. The molecule has 5 nitrogen and oxygen atoms in total. The van der Waals surface area contributed by atoms with Crippen molar-refractivity contribution in [2.45, 2.75) is 32.7 Å². The number of nitrogens with one attached hydrogen (secondary N) is 1. The van der Waals surface area contributed by atoms with Gasteiger partial charge in [0.2, 0.25) is 11.8 Å². The summed E-state index contributed by atoms with van der Waals surface area (Å²) in [5.41, 5.74) is -0.278. The Hall–Kier alpha value is -1.10. The summed E-state index contributed by atoms with van der Waals surface area (Å²) < 4.78 is 0. The van der Waals surface area contributed by atoms with Crippen molar-refractivity contribution in [2.24, 2.45) is 0 Å². The molecule has 0 atom stereocenters. The molecule has 1 N–H and O–H groups in total. The summed E-state index contributed by atoms with van der Waals surface area (Å²) in [7, 11) is 2.04. The lowest BCUT2D eigenvalue weighted by Gasteiger charge is -2.32. The Labute approximate surface area is 103 Å². The second-order valence-electron chi connectivity index (χ2n) is 5.66. The zero-order chi connectivity index (χ0) is 13.1. The number of likely N-dealkylation sites (N-methyl/N-ethyl adjacent to an activating group) is 1. The average molecular weight is 241 g/mol. The summed E-state index contributed by atoms with van der Waals surface area (Å²) in [5, 5.41) is 2.80. The van der Waals surface area contributed by atoms with Crippen LogP contribution in [0.1, 0.15) is 27.2 Å². The molecule has 0 spiro atoms. The van der Waals surface area contributed by atoms with E-state index in [-0.39, 0.29) is 23.8 Å². The SMILES string of the molecule is CN1CCN(C(=O)CC(=O)NC(C)(C)C)CC1. The molecular formula is C12H23N3O2. The van der Waals surface area contributed by atoms with Crippen molar-refractivity contribution in [1.29, 1.82) is 0 Å². The fraction of sp³-hybridized carbons (Fsp3) is 0.833. The van der Waals surface area contributed by atoms with E-state index in [9.17, 15) is 9.59 Å². The van der Waals surface area contributed by atoms with Gasteiger partial charge in [-0.25, -0.2) is 0 Å². The number of amides is 2. The highest BCUT2D eigenvalue weighted by Gasteiger charge is 2.22. The van der Waals surface area contributed by atoms with Crippen LogP contribution in [0.15, 0.2) is 0 Å². The number of rotatable bonds is 2. The largest absolute Gasteiger partial charge is 0.351 e. The fourth-order valence-corrected chi connectivity index (χ4v) is 1.77. The molecule has 1 saturated heterocycles. The van der Waals surface area contributed by atoms with Gasteiger partial charge in [-0.1, -0.05) is 0 Å². The molecule has 1 fully saturated rings. The standard InChI is InChI=1S/C12H23N3O2/c1-12(2,3)13-10(16)9-11(17)15-7-5-14(4)6-8-15/h5-9H2,1-4H3,(H,13,16). The predicted octanol–water partition coefficient (Wildman–Crippen LogP) is 0.0652. The zero-order valence-electron chi connectivity index (χ0n) is 11.2. The molecule has 0 aromatic carbocycles. The van der Waals surface area contributed by atoms with Crippen LogP contribution in [0, 0.1) is 0 Å². The smallest absolute Gasteiger partial charge is 0.232 e. The molecule has 98 valence electrons. The highest BCUT2D eigenvalue weighted by atomic mass is 16.2. The average Bonchev–Trinajstić information content (AvgIpc) is 2.15. The van der Waals surface area contributed by atoms with Crippen LogP contribution in [-0.2, 0) is 9.59 Å². The van der Waals surface area contributed by atoms with Crippen molar-refractivity contribution in [3.8, 4) is 0 Å². The molecule has 0 unspecified atom stereocenters. The maximum absolute atomic E-state index is 11.8. The van der Waals surface area contributed by atoms with E-state index < -0.39 is 0 Å². The first-order chi connectivity index (χ1) is 7.78. The van der Waals surface area contributed by atoms with Crippen molar-refractivity contribution in [3.05, 3.63) is 0 Å². The molecule has 0 aromatic rings. The Balaban J connectivity index is 2.36. The lowest BCUT2D eigenvalue weighted by molar-refractivity contribution is -0.137. The van der Waals surface area contributed by atoms with Crippen LogP contribution in [0.3, 0.4) is 0 Å². The van der Waals surface area contributed by atoms with Gasteiger partial charge in [0.1, 0.15) is 6.42 Å². The van der Waals surface area contributed by atoms with Crippen molar-refractivity contribution in [3.63, 3.8) is 0 Å². The Bertz CT molecular complexity index is 289. The van der Waals surface area contributed by atoms with E-state index in [1.165, 1.54) is 0 Å². The normalized spacial score (nSPS) is 18.0.